The molecule has 0 bridgehead atoms. The first-order valence-corrected chi connectivity index (χ1v) is 5.77. The summed E-state index contributed by atoms with van der Waals surface area (Å²) in [5.41, 5.74) is 7.78. The Morgan fingerprint density at radius 2 is 2.17 bits per heavy atom. The average molecular weight is 260 g/mol. The molecule has 0 atom stereocenters. The van der Waals surface area contributed by atoms with Crippen LogP contribution in [0.2, 0.25) is 0 Å². The summed E-state index contributed by atoms with van der Waals surface area (Å²) < 4.78 is 4.84. The first-order chi connectivity index (χ1) is 8.66. The topological polar surface area (TPSA) is 68.3 Å². The summed E-state index contributed by atoms with van der Waals surface area (Å²) in [4.78, 5) is 12.0. The summed E-state index contributed by atoms with van der Waals surface area (Å²) in [7, 11) is 0. The van der Waals surface area contributed by atoms with Crippen molar-refractivity contribution in [1.82, 2.24) is 5.32 Å². The predicted molar refractivity (Wildman–Crippen MR) is 72.2 cm³/mol. The molecular weight excluding hydrogens is 248 g/mol. The third-order valence-corrected chi connectivity index (χ3v) is 2.68. The molecule has 0 aliphatic carbocycles. The predicted octanol–water partition coefficient (Wildman–Crippen LogP) is 1.84. The molecule has 18 heavy (non-hydrogen) atoms. The summed E-state index contributed by atoms with van der Waals surface area (Å²) >= 11 is 4.90. The molecule has 0 aliphatic heterocycles. The van der Waals surface area contributed by atoms with Gasteiger partial charge in [-0.2, -0.15) is 0 Å². The Bertz CT molecular complexity index is 564. The zero-order valence-electron chi connectivity index (χ0n) is 9.55. The Hall–Kier alpha value is -2.14. The van der Waals surface area contributed by atoms with E-state index >= 15 is 0 Å². The van der Waals surface area contributed by atoms with E-state index in [0.717, 1.165) is 11.1 Å². The zero-order valence-corrected chi connectivity index (χ0v) is 10.4. The van der Waals surface area contributed by atoms with E-state index in [-0.39, 0.29) is 5.91 Å². The number of benzene rings is 1. The van der Waals surface area contributed by atoms with Gasteiger partial charge in [-0.25, -0.2) is 0 Å². The van der Waals surface area contributed by atoms with Crippen LogP contribution in [0.3, 0.4) is 0 Å². The van der Waals surface area contributed by atoms with Crippen LogP contribution in [0, 0.1) is 0 Å². The second kappa shape index (κ2) is 5.46. The number of carbonyl (C=O) groups excluding carboxylic acids is 1. The first kappa shape index (κ1) is 12.3. The fourth-order valence-electron chi connectivity index (χ4n) is 1.51. The number of carbonyl (C=O) groups is 1. The maximum absolute atomic E-state index is 11.7. The molecule has 2 aromatic rings. The van der Waals surface area contributed by atoms with Crippen LogP contribution in [0.1, 0.15) is 21.5 Å². The molecule has 1 heterocycles. The van der Waals surface area contributed by atoms with E-state index in [0.29, 0.717) is 17.1 Å². The zero-order chi connectivity index (χ0) is 13.0. The lowest BCUT2D eigenvalue weighted by Crippen LogP contribution is -2.22. The number of hydrogen-bond donors (Lipinski definition) is 2. The summed E-state index contributed by atoms with van der Waals surface area (Å²) in [6.07, 6.45) is 2.86. The second-order valence-electron chi connectivity index (χ2n) is 3.76. The van der Waals surface area contributed by atoms with Crippen molar-refractivity contribution in [3.63, 3.8) is 0 Å². The minimum absolute atomic E-state index is 0.176. The molecule has 1 aromatic carbocycles. The maximum atomic E-state index is 11.7. The van der Waals surface area contributed by atoms with Crippen LogP contribution in [0.25, 0.3) is 0 Å². The molecule has 2 rings (SSSR count). The third kappa shape index (κ3) is 2.95. The molecule has 0 unspecified atom stereocenters. The Balaban J connectivity index is 2.00. The number of nitrogens with two attached hydrogens (primary N) is 1. The number of amides is 1. The van der Waals surface area contributed by atoms with Gasteiger partial charge in [0.2, 0.25) is 0 Å². The van der Waals surface area contributed by atoms with Gasteiger partial charge in [-0.15, -0.1) is 0 Å². The molecule has 4 nitrogen and oxygen atoms in total. The van der Waals surface area contributed by atoms with Gasteiger partial charge in [0.05, 0.1) is 11.8 Å². The van der Waals surface area contributed by atoms with Crippen LogP contribution in [0.4, 0.5) is 0 Å². The van der Waals surface area contributed by atoms with Crippen LogP contribution in [0.5, 0.6) is 0 Å². The highest BCUT2D eigenvalue weighted by molar-refractivity contribution is 7.80. The van der Waals surface area contributed by atoms with Crippen LogP contribution >= 0.6 is 12.2 Å². The van der Waals surface area contributed by atoms with E-state index in [2.05, 4.69) is 5.32 Å². The lowest BCUT2D eigenvalue weighted by Gasteiger charge is -2.05. The summed E-state index contributed by atoms with van der Waals surface area (Å²) in [5, 5.41) is 2.78. The Morgan fingerprint density at radius 1 is 1.33 bits per heavy atom. The van der Waals surface area contributed by atoms with Gasteiger partial charge in [0.1, 0.15) is 11.3 Å². The van der Waals surface area contributed by atoms with E-state index in [1.54, 1.807) is 6.07 Å². The minimum atomic E-state index is -0.176. The smallest absolute Gasteiger partial charge is 0.254 e. The van der Waals surface area contributed by atoms with Gasteiger partial charge in [-0.1, -0.05) is 30.4 Å². The Labute approximate surface area is 110 Å². The number of rotatable bonds is 4. The Morgan fingerprint density at radius 3 is 2.83 bits per heavy atom. The van der Waals surface area contributed by atoms with Gasteiger partial charge in [0, 0.05) is 12.1 Å². The fraction of sp³-hybridized carbons (Fsp3) is 0.0769. The van der Waals surface area contributed by atoms with Crippen LogP contribution in [-0.4, -0.2) is 10.9 Å². The van der Waals surface area contributed by atoms with Crippen molar-refractivity contribution >= 4 is 23.1 Å². The molecule has 0 aliphatic rings. The second-order valence-corrected chi connectivity index (χ2v) is 4.20. The molecule has 0 saturated heterocycles. The molecule has 0 saturated carbocycles. The molecule has 3 N–H and O–H groups in total. The highest BCUT2D eigenvalue weighted by Gasteiger charge is 2.06. The van der Waals surface area contributed by atoms with Crippen molar-refractivity contribution in [2.24, 2.45) is 5.73 Å². The van der Waals surface area contributed by atoms with E-state index in [4.69, 9.17) is 22.4 Å². The first-order valence-electron chi connectivity index (χ1n) is 5.36. The van der Waals surface area contributed by atoms with Crippen molar-refractivity contribution in [2.75, 3.05) is 0 Å². The van der Waals surface area contributed by atoms with Crippen molar-refractivity contribution in [2.45, 2.75) is 6.54 Å². The van der Waals surface area contributed by atoms with Crippen molar-refractivity contribution in [3.05, 3.63) is 59.5 Å². The number of furan rings is 1. The highest BCUT2D eigenvalue weighted by Crippen LogP contribution is 2.06. The summed E-state index contributed by atoms with van der Waals surface area (Å²) in [6, 6.07) is 9.06. The number of nitrogens with one attached hydrogen (secondary N) is 1. The van der Waals surface area contributed by atoms with Crippen LogP contribution < -0.4 is 11.1 Å². The van der Waals surface area contributed by atoms with Gasteiger partial charge in [0.15, 0.2) is 0 Å². The maximum Gasteiger partial charge on any atom is 0.254 e. The normalized spacial score (nSPS) is 10.0. The van der Waals surface area contributed by atoms with Gasteiger partial charge < -0.3 is 15.5 Å². The summed E-state index contributed by atoms with van der Waals surface area (Å²) in [6.45, 7) is 0.417. The molecule has 1 amide bonds. The van der Waals surface area contributed by atoms with E-state index in [9.17, 15) is 4.79 Å². The van der Waals surface area contributed by atoms with Gasteiger partial charge >= 0.3 is 0 Å². The van der Waals surface area contributed by atoms with Crippen molar-refractivity contribution in [1.29, 1.82) is 0 Å². The van der Waals surface area contributed by atoms with Gasteiger partial charge in [-0.05, 0) is 17.7 Å². The number of thiocarbonyl (C=S) groups is 1. The van der Waals surface area contributed by atoms with Gasteiger partial charge in [-0.3, -0.25) is 4.79 Å². The molecule has 0 spiro atoms. The largest absolute Gasteiger partial charge is 0.472 e. The SMILES string of the molecule is NC(=S)c1cccc(CNC(=O)c2ccoc2)c1. The lowest BCUT2D eigenvalue weighted by atomic mass is 10.1. The van der Waals surface area contributed by atoms with E-state index in [1.807, 2.05) is 24.3 Å². The highest BCUT2D eigenvalue weighted by atomic mass is 32.1. The molecule has 92 valence electrons. The minimum Gasteiger partial charge on any atom is -0.472 e. The molecule has 0 fully saturated rings. The van der Waals surface area contributed by atoms with Crippen molar-refractivity contribution < 1.29 is 9.21 Å². The molecular formula is C13H12N2O2S. The third-order valence-electron chi connectivity index (χ3n) is 2.45. The van der Waals surface area contributed by atoms with Crippen LogP contribution in [-0.2, 0) is 6.54 Å². The standard InChI is InChI=1S/C13H12N2O2S/c14-12(18)10-3-1-2-9(6-10)7-15-13(16)11-4-5-17-8-11/h1-6,8H,7H2,(H2,14,18)(H,15,16). The fourth-order valence-corrected chi connectivity index (χ4v) is 1.64. The molecule has 1 aromatic heterocycles. The number of hydrogen-bond acceptors (Lipinski definition) is 3. The van der Waals surface area contributed by atoms with E-state index < -0.39 is 0 Å². The molecule has 0 radical (unpaired) electrons. The van der Waals surface area contributed by atoms with Crippen LogP contribution in [0.15, 0.2) is 47.3 Å². The average Bonchev–Trinajstić information content (AvgIpc) is 2.90. The molecule has 5 heteroatoms. The lowest BCUT2D eigenvalue weighted by molar-refractivity contribution is 0.0950. The Kier molecular flexibility index (Phi) is 3.74. The summed E-state index contributed by atoms with van der Waals surface area (Å²) in [5.74, 6) is -0.176. The van der Waals surface area contributed by atoms with Crippen molar-refractivity contribution in [3.8, 4) is 0 Å². The van der Waals surface area contributed by atoms with Gasteiger partial charge in [0.25, 0.3) is 5.91 Å². The monoisotopic (exact) mass is 260 g/mol. The quantitative estimate of drug-likeness (QED) is 0.823. The van der Waals surface area contributed by atoms with E-state index in [1.165, 1.54) is 12.5 Å².